The first-order valence-electron chi connectivity index (χ1n) is 7.44. The summed E-state index contributed by atoms with van der Waals surface area (Å²) >= 11 is 3.39. The third-order valence-corrected chi connectivity index (χ3v) is 4.29. The summed E-state index contributed by atoms with van der Waals surface area (Å²) in [4.78, 5) is 25.2. The van der Waals surface area contributed by atoms with Crippen LogP contribution >= 0.6 is 15.9 Å². The van der Waals surface area contributed by atoms with Crippen LogP contribution in [0.1, 0.15) is 10.5 Å². The molecule has 0 radical (unpaired) electrons. The monoisotopic (exact) mass is 375 g/mol. The molecule has 1 fully saturated rings. The van der Waals surface area contributed by atoms with Crippen LogP contribution in [-0.4, -0.2) is 54.0 Å². The lowest BCUT2D eigenvalue weighted by molar-refractivity contribution is 0.102. The van der Waals surface area contributed by atoms with Crippen molar-refractivity contribution in [2.75, 3.05) is 43.4 Å². The van der Waals surface area contributed by atoms with Gasteiger partial charge in [0.1, 0.15) is 17.8 Å². The largest absolute Gasteiger partial charge is 0.354 e. The Morgan fingerprint density at radius 3 is 2.70 bits per heavy atom. The number of rotatable bonds is 3. The van der Waals surface area contributed by atoms with Crippen molar-refractivity contribution >= 4 is 33.3 Å². The summed E-state index contributed by atoms with van der Waals surface area (Å²) in [5, 5.41) is 2.85. The zero-order chi connectivity index (χ0) is 16.2. The molecule has 0 spiro atoms. The number of nitrogens with zero attached hydrogens (tertiary/aromatic N) is 4. The van der Waals surface area contributed by atoms with E-state index < -0.39 is 0 Å². The second-order valence-electron chi connectivity index (χ2n) is 5.52. The normalized spacial score (nSPS) is 15.5. The van der Waals surface area contributed by atoms with E-state index in [9.17, 15) is 4.79 Å². The van der Waals surface area contributed by atoms with E-state index in [0.717, 1.165) is 42.2 Å². The first kappa shape index (κ1) is 15.9. The van der Waals surface area contributed by atoms with Crippen LogP contribution in [0.2, 0.25) is 0 Å². The predicted octanol–water partition coefficient (Wildman–Crippen LogP) is 2.24. The number of hydrogen-bond acceptors (Lipinski definition) is 5. The van der Waals surface area contributed by atoms with E-state index in [1.807, 2.05) is 24.3 Å². The zero-order valence-corrected chi connectivity index (χ0v) is 14.5. The number of amides is 1. The molecular weight excluding hydrogens is 358 g/mol. The second kappa shape index (κ2) is 7.06. The molecule has 0 aliphatic carbocycles. The maximum absolute atomic E-state index is 12.4. The minimum absolute atomic E-state index is 0.235. The molecule has 0 atom stereocenters. The summed E-state index contributed by atoms with van der Waals surface area (Å²) in [6.45, 7) is 3.79. The van der Waals surface area contributed by atoms with Crippen molar-refractivity contribution in [1.29, 1.82) is 0 Å². The van der Waals surface area contributed by atoms with Gasteiger partial charge in [0.15, 0.2) is 0 Å². The number of aromatic nitrogens is 2. The number of piperazine rings is 1. The average Bonchev–Trinajstić information content (AvgIpc) is 2.56. The van der Waals surface area contributed by atoms with Gasteiger partial charge in [-0.2, -0.15) is 0 Å². The molecule has 1 aliphatic rings. The number of benzene rings is 1. The topological polar surface area (TPSA) is 61.4 Å². The van der Waals surface area contributed by atoms with E-state index in [1.54, 1.807) is 6.07 Å². The first-order valence-corrected chi connectivity index (χ1v) is 8.23. The van der Waals surface area contributed by atoms with Crippen molar-refractivity contribution in [2.24, 2.45) is 0 Å². The van der Waals surface area contributed by atoms with Crippen molar-refractivity contribution in [3.63, 3.8) is 0 Å². The molecule has 0 unspecified atom stereocenters. The predicted molar refractivity (Wildman–Crippen MR) is 93.8 cm³/mol. The van der Waals surface area contributed by atoms with Gasteiger partial charge < -0.3 is 15.1 Å². The van der Waals surface area contributed by atoms with E-state index in [-0.39, 0.29) is 5.91 Å². The van der Waals surface area contributed by atoms with Crippen LogP contribution in [0.15, 0.2) is 41.1 Å². The van der Waals surface area contributed by atoms with Crippen LogP contribution in [-0.2, 0) is 0 Å². The maximum Gasteiger partial charge on any atom is 0.274 e. The summed E-state index contributed by atoms with van der Waals surface area (Å²) in [5.74, 6) is 0.563. The molecule has 6 nitrogen and oxygen atoms in total. The SMILES string of the molecule is CN1CCN(c2cc(C(=O)Nc3cccc(Br)c3)ncn2)CC1. The lowest BCUT2D eigenvalue weighted by atomic mass is 10.3. The van der Waals surface area contributed by atoms with Crippen molar-refractivity contribution in [2.45, 2.75) is 0 Å². The van der Waals surface area contributed by atoms with Crippen LogP contribution in [0, 0.1) is 0 Å². The molecule has 1 aliphatic heterocycles. The summed E-state index contributed by atoms with van der Waals surface area (Å²) in [5.41, 5.74) is 1.10. The molecule has 23 heavy (non-hydrogen) atoms. The maximum atomic E-state index is 12.4. The third kappa shape index (κ3) is 4.05. The fourth-order valence-electron chi connectivity index (χ4n) is 2.44. The summed E-state index contributed by atoms with van der Waals surface area (Å²) in [6, 6.07) is 9.21. The molecule has 7 heteroatoms. The number of hydrogen-bond donors (Lipinski definition) is 1. The van der Waals surface area contributed by atoms with Gasteiger partial charge in [0.05, 0.1) is 0 Å². The van der Waals surface area contributed by atoms with Crippen LogP contribution in [0.3, 0.4) is 0 Å². The Labute approximate surface area is 143 Å². The smallest absolute Gasteiger partial charge is 0.274 e. The molecule has 0 bridgehead atoms. The second-order valence-corrected chi connectivity index (χ2v) is 6.43. The fourth-order valence-corrected chi connectivity index (χ4v) is 2.84. The number of halogens is 1. The van der Waals surface area contributed by atoms with Crippen molar-refractivity contribution < 1.29 is 4.79 Å². The summed E-state index contributed by atoms with van der Waals surface area (Å²) in [6.07, 6.45) is 1.45. The molecule has 120 valence electrons. The zero-order valence-electron chi connectivity index (χ0n) is 12.9. The van der Waals surface area contributed by atoms with E-state index in [1.165, 1.54) is 6.33 Å². The summed E-state index contributed by atoms with van der Waals surface area (Å²) in [7, 11) is 2.11. The van der Waals surface area contributed by atoms with E-state index in [2.05, 4.69) is 48.1 Å². The lowest BCUT2D eigenvalue weighted by Gasteiger charge is -2.33. The Bertz CT molecular complexity index is 700. The molecule has 1 saturated heterocycles. The van der Waals surface area contributed by atoms with Crippen LogP contribution in [0.25, 0.3) is 0 Å². The van der Waals surface area contributed by atoms with Crippen molar-refractivity contribution in [3.8, 4) is 0 Å². The minimum Gasteiger partial charge on any atom is -0.354 e. The molecular formula is C16H18BrN5O. The van der Waals surface area contributed by atoms with Gasteiger partial charge in [0, 0.05) is 42.4 Å². The van der Waals surface area contributed by atoms with Crippen molar-refractivity contribution in [3.05, 3.63) is 46.8 Å². The molecule has 3 rings (SSSR count). The van der Waals surface area contributed by atoms with E-state index >= 15 is 0 Å². The number of carbonyl (C=O) groups excluding carboxylic acids is 1. The number of nitrogens with one attached hydrogen (secondary N) is 1. The van der Waals surface area contributed by atoms with Gasteiger partial charge in [0.2, 0.25) is 0 Å². The van der Waals surface area contributed by atoms with Gasteiger partial charge in [-0.25, -0.2) is 9.97 Å². The van der Waals surface area contributed by atoms with Gasteiger partial charge in [-0.15, -0.1) is 0 Å². The number of carbonyl (C=O) groups is 1. The highest BCUT2D eigenvalue weighted by atomic mass is 79.9. The van der Waals surface area contributed by atoms with Gasteiger partial charge in [-0.3, -0.25) is 4.79 Å². The molecule has 1 amide bonds. The highest BCUT2D eigenvalue weighted by molar-refractivity contribution is 9.10. The molecule has 1 N–H and O–H groups in total. The third-order valence-electron chi connectivity index (χ3n) is 3.80. The van der Waals surface area contributed by atoms with Crippen molar-refractivity contribution in [1.82, 2.24) is 14.9 Å². The van der Waals surface area contributed by atoms with Gasteiger partial charge in [-0.05, 0) is 25.2 Å². The molecule has 1 aromatic carbocycles. The highest BCUT2D eigenvalue weighted by Crippen LogP contribution is 2.17. The minimum atomic E-state index is -0.235. The number of likely N-dealkylation sites (N-methyl/N-ethyl adjacent to an activating group) is 1. The van der Waals surface area contributed by atoms with Gasteiger partial charge >= 0.3 is 0 Å². The average molecular weight is 376 g/mol. The lowest BCUT2D eigenvalue weighted by Crippen LogP contribution is -2.44. The quantitative estimate of drug-likeness (QED) is 0.891. The standard InChI is InChI=1S/C16H18BrN5O/c1-21-5-7-22(8-6-21)15-10-14(18-11-19-15)16(23)20-13-4-2-3-12(17)9-13/h2-4,9-11H,5-8H2,1H3,(H,20,23). The van der Waals surface area contributed by atoms with Gasteiger partial charge in [-0.1, -0.05) is 22.0 Å². The first-order chi connectivity index (χ1) is 11.1. The Kier molecular flexibility index (Phi) is 4.88. The Morgan fingerprint density at radius 2 is 1.96 bits per heavy atom. The fraction of sp³-hybridized carbons (Fsp3) is 0.312. The van der Waals surface area contributed by atoms with Gasteiger partial charge in [0.25, 0.3) is 5.91 Å². The number of anilines is 2. The van der Waals surface area contributed by atoms with E-state index in [4.69, 9.17) is 0 Å². The Morgan fingerprint density at radius 1 is 1.17 bits per heavy atom. The van der Waals surface area contributed by atoms with Crippen LogP contribution in [0.4, 0.5) is 11.5 Å². The molecule has 1 aromatic heterocycles. The molecule has 0 saturated carbocycles. The Balaban J connectivity index is 1.72. The highest BCUT2D eigenvalue weighted by Gasteiger charge is 2.17. The summed E-state index contributed by atoms with van der Waals surface area (Å²) < 4.78 is 0.913. The van der Waals surface area contributed by atoms with Crippen LogP contribution < -0.4 is 10.2 Å². The molecule has 2 aromatic rings. The van der Waals surface area contributed by atoms with E-state index in [0.29, 0.717) is 5.69 Å². The Hall–Kier alpha value is -1.99. The van der Waals surface area contributed by atoms with Crippen LogP contribution in [0.5, 0.6) is 0 Å². The molecule has 2 heterocycles.